The average Bonchev–Trinajstić information content (AvgIpc) is 1.83. The maximum absolute atomic E-state index is 9.04. The van der Waals surface area contributed by atoms with Crippen LogP contribution in [0.3, 0.4) is 0 Å². The minimum absolute atomic E-state index is 0.329. The van der Waals surface area contributed by atoms with E-state index in [1.54, 1.807) is 13.1 Å². The number of dihydropyridines is 1. The molecule has 3 nitrogen and oxygen atoms in total. The van der Waals surface area contributed by atoms with E-state index in [0.29, 0.717) is 18.0 Å². The Balaban J connectivity index is 2.88. The normalized spacial score (nSPS) is 19.0. The van der Waals surface area contributed by atoms with E-state index in [1.165, 1.54) is 0 Å². The highest BCUT2D eigenvalue weighted by Crippen LogP contribution is 2.09. The smallest absolute Gasteiger partial charge is 0.116 e. The Kier molecular flexibility index (Phi) is 1.34. The fourth-order valence-electron chi connectivity index (χ4n) is 0.665. The second kappa shape index (κ2) is 2.01. The number of aliphatic hydroxyl groups is 1. The van der Waals surface area contributed by atoms with Crippen molar-refractivity contribution in [2.75, 3.05) is 6.54 Å². The van der Waals surface area contributed by atoms with Crippen LogP contribution in [0.5, 0.6) is 0 Å². The molecule has 0 aromatic rings. The van der Waals surface area contributed by atoms with E-state index in [-0.39, 0.29) is 0 Å². The van der Waals surface area contributed by atoms with E-state index < -0.39 is 0 Å². The Labute approximate surface area is 53.9 Å². The number of aliphatic hydroxyl groups excluding tert-OH is 1. The third kappa shape index (κ3) is 0.988. The van der Waals surface area contributed by atoms with Gasteiger partial charge in [0.25, 0.3) is 0 Å². The van der Waals surface area contributed by atoms with Crippen LogP contribution in [-0.2, 0) is 0 Å². The summed E-state index contributed by atoms with van der Waals surface area (Å²) in [7, 11) is 0. The largest absolute Gasteiger partial charge is 0.510 e. The van der Waals surface area contributed by atoms with Crippen LogP contribution in [0.4, 0.5) is 0 Å². The molecule has 1 aliphatic heterocycles. The molecule has 0 bridgehead atoms. The first-order valence-electron chi connectivity index (χ1n) is 2.80. The molecule has 0 aliphatic carbocycles. The minimum Gasteiger partial charge on any atom is -0.510 e. The van der Waals surface area contributed by atoms with Crippen molar-refractivity contribution in [1.29, 1.82) is 0 Å². The fraction of sp³-hybridized carbons (Fsp3) is 0.333. The second-order valence-corrected chi connectivity index (χ2v) is 2.05. The van der Waals surface area contributed by atoms with Crippen LogP contribution in [0.2, 0.25) is 0 Å². The van der Waals surface area contributed by atoms with Crippen LogP contribution in [0.15, 0.2) is 23.2 Å². The standard InChI is InChI=1S/C6H10N2O/c1-4-5(7)2-8-3-6(4)9/h2,8-9H,3,7H2,1H3. The number of hydrogen-bond acceptors (Lipinski definition) is 3. The molecule has 0 radical (unpaired) electrons. The third-order valence-electron chi connectivity index (χ3n) is 1.39. The molecule has 0 atom stereocenters. The molecule has 9 heavy (non-hydrogen) atoms. The van der Waals surface area contributed by atoms with Crippen LogP contribution < -0.4 is 11.1 Å². The Bertz CT molecular complexity index is 181. The molecule has 0 aromatic heterocycles. The average molecular weight is 126 g/mol. The van der Waals surface area contributed by atoms with Gasteiger partial charge in [-0.25, -0.2) is 0 Å². The lowest BCUT2D eigenvalue weighted by Crippen LogP contribution is -2.20. The van der Waals surface area contributed by atoms with Crippen molar-refractivity contribution in [3.05, 3.63) is 23.2 Å². The van der Waals surface area contributed by atoms with Gasteiger partial charge in [0.05, 0.1) is 12.2 Å². The molecule has 0 aromatic carbocycles. The number of hydrogen-bond donors (Lipinski definition) is 3. The fourth-order valence-corrected chi connectivity index (χ4v) is 0.665. The van der Waals surface area contributed by atoms with Crippen LogP contribution in [0.25, 0.3) is 0 Å². The van der Waals surface area contributed by atoms with Crippen molar-refractivity contribution in [2.24, 2.45) is 5.73 Å². The van der Waals surface area contributed by atoms with Gasteiger partial charge in [0, 0.05) is 11.8 Å². The van der Waals surface area contributed by atoms with Crippen molar-refractivity contribution < 1.29 is 5.11 Å². The van der Waals surface area contributed by atoms with Crippen LogP contribution in [-0.4, -0.2) is 11.7 Å². The molecular formula is C6H10N2O. The van der Waals surface area contributed by atoms with Gasteiger partial charge in [-0.15, -0.1) is 0 Å². The summed E-state index contributed by atoms with van der Waals surface area (Å²) >= 11 is 0. The molecule has 1 aliphatic rings. The number of nitrogens with two attached hydrogens (primary N) is 1. The molecule has 0 amide bonds. The van der Waals surface area contributed by atoms with Crippen LogP contribution in [0.1, 0.15) is 6.92 Å². The lowest BCUT2D eigenvalue weighted by Gasteiger charge is -2.12. The van der Waals surface area contributed by atoms with E-state index in [2.05, 4.69) is 5.32 Å². The highest BCUT2D eigenvalue weighted by Gasteiger charge is 2.06. The van der Waals surface area contributed by atoms with Crippen LogP contribution in [0, 0.1) is 0 Å². The third-order valence-corrected chi connectivity index (χ3v) is 1.39. The molecule has 0 saturated heterocycles. The van der Waals surface area contributed by atoms with Gasteiger partial charge in [-0.3, -0.25) is 0 Å². The molecule has 1 rings (SSSR count). The first-order chi connectivity index (χ1) is 4.22. The summed E-state index contributed by atoms with van der Waals surface area (Å²) in [5.74, 6) is 0.329. The first kappa shape index (κ1) is 6.01. The van der Waals surface area contributed by atoms with Gasteiger partial charge < -0.3 is 16.2 Å². The van der Waals surface area contributed by atoms with Gasteiger partial charge >= 0.3 is 0 Å². The minimum atomic E-state index is 0.329. The highest BCUT2D eigenvalue weighted by atomic mass is 16.3. The molecule has 0 saturated carbocycles. The highest BCUT2D eigenvalue weighted by molar-refractivity contribution is 5.31. The predicted molar refractivity (Wildman–Crippen MR) is 35.6 cm³/mol. The van der Waals surface area contributed by atoms with E-state index in [0.717, 1.165) is 5.57 Å². The molecule has 3 heteroatoms. The van der Waals surface area contributed by atoms with Crippen molar-refractivity contribution in [3.63, 3.8) is 0 Å². The topological polar surface area (TPSA) is 58.3 Å². The van der Waals surface area contributed by atoms with Crippen molar-refractivity contribution in [1.82, 2.24) is 5.32 Å². The summed E-state index contributed by atoms with van der Waals surface area (Å²) in [6, 6.07) is 0. The van der Waals surface area contributed by atoms with E-state index in [9.17, 15) is 0 Å². The number of rotatable bonds is 0. The molecule has 1 heterocycles. The van der Waals surface area contributed by atoms with E-state index >= 15 is 0 Å². The van der Waals surface area contributed by atoms with Gasteiger partial charge in [-0.1, -0.05) is 0 Å². The molecule has 0 fully saturated rings. The van der Waals surface area contributed by atoms with E-state index in [1.807, 2.05) is 0 Å². The zero-order chi connectivity index (χ0) is 6.85. The summed E-state index contributed by atoms with van der Waals surface area (Å²) in [5, 5.41) is 11.9. The molecular weight excluding hydrogens is 116 g/mol. The monoisotopic (exact) mass is 126 g/mol. The second-order valence-electron chi connectivity index (χ2n) is 2.05. The zero-order valence-corrected chi connectivity index (χ0v) is 5.31. The summed E-state index contributed by atoms with van der Waals surface area (Å²) < 4.78 is 0. The lowest BCUT2D eigenvalue weighted by atomic mass is 10.1. The van der Waals surface area contributed by atoms with E-state index in [4.69, 9.17) is 10.8 Å². The first-order valence-corrected chi connectivity index (χ1v) is 2.80. The Morgan fingerprint density at radius 2 is 2.44 bits per heavy atom. The summed E-state index contributed by atoms with van der Waals surface area (Å²) in [6.07, 6.45) is 1.69. The summed E-state index contributed by atoms with van der Waals surface area (Å²) in [5.41, 5.74) is 6.83. The quantitative estimate of drug-likeness (QED) is 0.435. The maximum Gasteiger partial charge on any atom is 0.116 e. The van der Waals surface area contributed by atoms with Crippen LogP contribution >= 0.6 is 0 Å². The van der Waals surface area contributed by atoms with Crippen molar-refractivity contribution in [3.8, 4) is 0 Å². The van der Waals surface area contributed by atoms with Crippen molar-refractivity contribution >= 4 is 0 Å². The zero-order valence-electron chi connectivity index (χ0n) is 5.31. The molecule has 0 spiro atoms. The van der Waals surface area contributed by atoms with Gasteiger partial charge in [-0.05, 0) is 6.92 Å². The number of nitrogens with one attached hydrogen (secondary N) is 1. The number of allylic oxidation sites excluding steroid dienone is 1. The molecule has 4 N–H and O–H groups in total. The summed E-state index contributed by atoms with van der Waals surface area (Å²) in [6.45, 7) is 2.29. The Hall–Kier alpha value is -1.12. The lowest BCUT2D eigenvalue weighted by molar-refractivity contribution is 0.386. The van der Waals surface area contributed by atoms with Crippen molar-refractivity contribution in [2.45, 2.75) is 6.92 Å². The van der Waals surface area contributed by atoms with Gasteiger partial charge in [-0.2, -0.15) is 0 Å². The summed E-state index contributed by atoms with van der Waals surface area (Å²) in [4.78, 5) is 0. The van der Waals surface area contributed by atoms with Gasteiger partial charge in [0.2, 0.25) is 0 Å². The maximum atomic E-state index is 9.04. The predicted octanol–water partition coefficient (Wildman–Crippen LogP) is 0.222. The van der Waals surface area contributed by atoms with Gasteiger partial charge in [0.1, 0.15) is 5.76 Å². The Morgan fingerprint density at radius 3 is 2.89 bits per heavy atom. The SMILES string of the molecule is CC1=C(O)CNC=C1N. The Morgan fingerprint density at radius 1 is 1.78 bits per heavy atom. The van der Waals surface area contributed by atoms with Gasteiger partial charge in [0.15, 0.2) is 0 Å². The molecule has 0 unspecified atom stereocenters. The molecule has 50 valence electrons.